The first-order valence-electron chi connectivity index (χ1n) is 9.63. The van der Waals surface area contributed by atoms with Gasteiger partial charge in [-0.1, -0.05) is 12.1 Å². The first-order valence-corrected chi connectivity index (χ1v) is 9.63. The van der Waals surface area contributed by atoms with Crippen LogP contribution in [0, 0.1) is 5.82 Å². The molecule has 1 saturated heterocycles. The zero-order chi connectivity index (χ0) is 19.5. The zero-order valence-electron chi connectivity index (χ0n) is 16.0. The van der Waals surface area contributed by atoms with Crippen LogP contribution in [0.4, 0.5) is 4.39 Å². The highest BCUT2D eigenvalue weighted by atomic mass is 35.5. The number of aliphatic hydroxyl groups is 1. The molecule has 0 saturated carbocycles. The maximum atomic E-state index is 13.2. The second-order valence-corrected chi connectivity index (χ2v) is 7.33. The SMILES string of the molecule is Cl.O=C(N[C@H]1CCOC[C@H]1O)c1cc(Cc2ccc(F)cc2)c2c(n1)CNCC2. The van der Waals surface area contributed by atoms with Crippen LogP contribution in [-0.4, -0.2) is 47.9 Å². The van der Waals surface area contributed by atoms with Crippen molar-refractivity contribution in [3.8, 4) is 0 Å². The van der Waals surface area contributed by atoms with E-state index in [9.17, 15) is 14.3 Å². The van der Waals surface area contributed by atoms with E-state index in [4.69, 9.17) is 4.74 Å². The predicted molar refractivity (Wildman–Crippen MR) is 109 cm³/mol. The molecule has 1 aromatic carbocycles. The Morgan fingerprint density at radius 3 is 2.90 bits per heavy atom. The number of carbonyl (C=O) groups excluding carboxylic acids is 1. The fourth-order valence-corrected chi connectivity index (χ4v) is 3.78. The third-order valence-electron chi connectivity index (χ3n) is 5.33. The van der Waals surface area contributed by atoms with Crippen LogP contribution in [0.2, 0.25) is 0 Å². The number of hydrogen-bond acceptors (Lipinski definition) is 5. The number of carbonyl (C=O) groups is 1. The molecule has 2 atom stereocenters. The first kappa shape index (κ1) is 21.6. The first-order chi connectivity index (χ1) is 13.6. The van der Waals surface area contributed by atoms with Crippen LogP contribution in [0.1, 0.15) is 39.3 Å². The van der Waals surface area contributed by atoms with Gasteiger partial charge in [0.15, 0.2) is 0 Å². The number of hydrogen-bond donors (Lipinski definition) is 3. The van der Waals surface area contributed by atoms with Gasteiger partial charge in [-0.05, 0) is 60.7 Å². The lowest BCUT2D eigenvalue weighted by molar-refractivity contribution is -0.0261. The Morgan fingerprint density at radius 2 is 2.14 bits per heavy atom. The van der Waals surface area contributed by atoms with E-state index in [1.807, 2.05) is 6.07 Å². The molecule has 2 aromatic rings. The minimum Gasteiger partial charge on any atom is -0.389 e. The molecule has 3 heterocycles. The van der Waals surface area contributed by atoms with E-state index in [1.54, 1.807) is 12.1 Å². The number of fused-ring (bicyclic) bond motifs is 1. The van der Waals surface area contributed by atoms with Crippen molar-refractivity contribution in [2.45, 2.75) is 38.0 Å². The van der Waals surface area contributed by atoms with Crippen molar-refractivity contribution in [2.24, 2.45) is 0 Å². The number of nitrogens with one attached hydrogen (secondary N) is 2. The molecule has 6 nitrogen and oxygen atoms in total. The molecule has 0 spiro atoms. The van der Waals surface area contributed by atoms with Gasteiger partial charge in [-0.2, -0.15) is 0 Å². The summed E-state index contributed by atoms with van der Waals surface area (Å²) < 4.78 is 18.4. The van der Waals surface area contributed by atoms with Crippen molar-refractivity contribution >= 4 is 18.3 Å². The summed E-state index contributed by atoms with van der Waals surface area (Å²) in [6.45, 7) is 2.22. The third-order valence-corrected chi connectivity index (χ3v) is 5.33. The van der Waals surface area contributed by atoms with Gasteiger partial charge in [-0.3, -0.25) is 4.79 Å². The molecule has 3 N–H and O–H groups in total. The molecule has 0 bridgehead atoms. The Balaban J connectivity index is 0.00000240. The summed E-state index contributed by atoms with van der Waals surface area (Å²) in [5.74, 6) is -0.556. The molecular weight excluding hydrogens is 397 g/mol. The summed E-state index contributed by atoms with van der Waals surface area (Å²) in [6, 6.07) is 7.92. The molecule has 29 heavy (non-hydrogen) atoms. The number of nitrogens with zero attached hydrogens (tertiary/aromatic N) is 1. The van der Waals surface area contributed by atoms with Gasteiger partial charge in [0, 0.05) is 13.2 Å². The minimum atomic E-state index is -0.712. The number of aliphatic hydroxyl groups excluding tert-OH is 1. The van der Waals surface area contributed by atoms with Crippen molar-refractivity contribution in [1.29, 1.82) is 0 Å². The molecule has 1 amide bonds. The predicted octanol–water partition coefficient (Wildman–Crippen LogP) is 1.76. The molecule has 4 rings (SSSR count). The van der Waals surface area contributed by atoms with Gasteiger partial charge in [-0.25, -0.2) is 9.37 Å². The minimum absolute atomic E-state index is 0. The van der Waals surface area contributed by atoms with E-state index in [1.165, 1.54) is 12.1 Å². The van der Waals surface area contributed by atoms with Crippen LogP contribution in [0.5, 0.6) is 0 Å². The number of halogens is 2. The van der Waals surface area contributed by atoms with E-state index < -0.39 is 6.10 Å². The number of aromatic nitrogens is 1. The van der Waals surface area contributed by atoms with Crippen molar-refractivity contribution < 1.29 is 19.0 Å². The number of amides is 1. The zero-order valence-corrected chi connectivity index (χ0v) is 16.8. The van der Waals surface area contributed by atoms with Crippen molar-refractivity contribution in [3.05, 3.63) is 64.2 Å². The summed E-state index contributed by atoms with van der Waals surface area (Å²) >= 11 is 0. The van der Waals surface area contributed by atoms with Crippen LogP contribution < -0.4 is 10.6 Å². The van der Waals surface area contributed by atoms with E-state index in [0.717, 1.165) is 35.3 Å². The molecular formula is C21H25ClFN3O3. The Hall–Kier alpha value is -2.06. The Morgan fingerprint density at radius 1 is 1.34 bits per heavy atom. The Kier molecular flexibility index (Phi) is 7.18. The molecule has 8 heteroatoms. The largest absolute Gasteiger partial charge is 0.389 e. The lowest BCUT2D eigenvalue weighted by Crippen LogP contribution is -2.49. The molecule has 1 fully saturated rings. The van der Waals surface area contributed by atoms with E-state index >= 15 is 0 Å². The lowest BCUT2D eigenvalue weighted by atomic mass is 9.94. The maximum Gasteiger partial charge on any atom is 0.270 e. The van der Waals surface area contributed by atoms with Gasteiger partial charge in [0.2, 0.25) is 0 Å². The summed E-state index contributed by atoms with van der Waals surface area (Å²) in [6.07, 6.45) is 1.32. The monoisotopic (exact) mass is 421 g/mol. The fourth-order valence-electron chi connectivity index (χ4n) is 3.78. The van der Waals surface area contributed by atoms with E-state index in [-0.39, 0.29) is 36.8 Å². The highest BCUT2D eigenvalue weighted by molar-refractivity contribution is 5.93. The number of rotatable bonds is 4. The smallest absolute Gasteiger partial charge is 0.270 e. The molecule has 0 unspecified atom stereocenters. The second kappa shape index (κ2) is 9.63. The van der Waals surface area contributed by atoms with Crippen LogP contribution in [0.15, 0.2) is 30.3 Å². The summed E-state index contributed by atoms with van der Waals surface area (Å²) in [7, 11) is 0. The summed E-state index contributed by atoms with van der Waals surface area (Å²) in [4.78, 5) is 17.4. The second-order valence-electron chi connectivity index (χ2n) is 7.33. The number of benzene rings is 1. The number of pyridine rings is 1. The molecule has 2 aliphatic heterocycles. The van der Waals surface area contributed by atoms with Crippen LogP contribution >= 0.6 is 12.4 Å². The van der Waals surface area contributed by atoms with Gasteiger partial charge in [0.1, 0.15) is 11.5 Å². The molecule has 0 aliphatic carbocycles. The highest BCUT2D eigenvalue weighted by Gasteiger charge is 2.27. The third kappa shape index (κ3) is 5.11. The molecule has 1 aromatic heterocycles. The van der Waals surface area contributed by atoms with E-state index in [0.29, 0.717) is 31.7 Å². The topological polar surface area (TPSA) is 83.5 Å². The van der Waals surface area contributed by atoms with Crippen molar-refractivity contribution in [3.63, 3.8) is 0 Å². The quantitative estimate of drug-likeness (QED) is 0.700. The normalized spacial score (nSPS) is 21.0. The van der Waals surface area contributed by atoms with Crippen LogP contribution in [0.3, 0.4) is 0 Å². The maximum absolute atomic E-state index is 13.2. The Labute approximate surface area is 175 Å². The van der Waals surface area contributed by atoms with E-state index in [2.05, 4.69) is 15.6 Å². The van der Waals surface area contributed by atoms with Gasteiger partial charge >= 0.3 is 0 Å². The van der Waals surface area contributed by atoms with Gasteiger partial charge in [0.25, 0.3) is 5.91 Å². The standard InChI is InChI=1S/C21H24FN3O3.ClH/c22-15-3-1-13(2-4-15)9-14-10-18(24-19-11-23-7-5-16(14)19)21(27)25-17-6-8-28-12-20(17)26;/h1-4,10,17,20,23,26H,5-9,11-12H2,(H,25,27);1H/t17-,20+;/m0./s1. The lowest BCUT2D eigenvalue weighted by Gasteiger charge is -2.28. The Bertz CT molecular complexity index is 863. The summed E-state index contributed by atoms with van der Waals surface area (Å²) in [5.41, 5.74) is 4.41. The molecule has 0 radical (unpaired) electrons. The van der Waals surface area contributed by atoms with Crippen LogP contribution in [0.25, 0.3) is 0 Å². The molecule has 156 valence electrons. The fraction of sp³-hybridized carbons (Fsp3) is 0.429. The average molecular weight is 422 g/mol. The van der Waals surface area contributed by atoms with Gasteiger partial charge in [-0.15, -0.1) is 12.4 Å². The molecule has 2 aliphatic rings. The van der Waals surface area contributed by atoms with Gasteiger partial charge < -0.3 is 20.5 Å². The summed E-state index contributed by atoms with van der Waals surface area (Å²) in [5, 5.41) is 16.2. The number of ether oxygens (including phenoxy) is 1. The van der Waals surface area contributed by atoms with Gasteiger partial charge in [0.05, 0.1) is 24.4 Å². The average Bonchev–Trinajstić information content (AvgIpc) is 2.71. The van der Waals surface area contributed by atoms with Crippen molar-refractivity contribution in [2.75, 3.05) is 19.8 Å². The van der Waals surface area contributed by atoms with Crippen molar-refractivity contribution in [1.82, 2.24) is 15.6 Å². The highest BCUT2D eigenvalue weighted by Crippen LogP contribution is 2.22. The van der Waals surface area contributed by atoms with Crippen LogP contribution in [-0.2, 0) is 24.1 Å².